The summed E-state index contributed by atoms with van der Waals surface area (Å²) in [5.41, 5.74) is 6.98. The summed E-state index contributed by atoms with van der Waals surface area (Å²) in [5, 5.41) is 0.968. The minimum atomic E-state index is -0.548. The predicted octanol–water partition coefficient (Wildman–Crippen LogP) is 2.11. The maximum Gasteiger partial charge on any atom is 0.221 e. The number of fused-ring (bicyclic) bond motifs is 1. The zero-order valence-electron chi connectivity index (χ0n) is 14.3. The van der Waals surface area contributed by atoms with Gasteiger partial charge in [-0.1, -0.05) is 0 Å². The fraction of sp³-hybridized carbons (Fsp3) is 0.333. The lowest BCUT2D eigenvalue weighted by Crippen LogP contribution is -2.47. The number of nitrogens with zero attached hydrogens (tertiary/aromatic N) is 5. The Morgan fingerprint density at radius 1 is 1.04 bits per heavy atom. The van der Waals surface area contributed by atoms with E-state index in [1.54, 1.807) is 6.20 Å². The lowest BCUT2D eigenvalue weighted by Gasteiger charge is -2.36. The summed E-state index contributed by atoms with van der Waals surface area (Å²) in [6.45, 7) is 4.74. The number of nitrogen functional groups attached to an aromatic ring is 1. The van der Waals surface area contributed by atoms with Gasteiger partial charge in [0.25, 0.3) is 0 Å². The SMILES string of the molecule is Nc1ncc2ccn(CCN3CCN(c4ccc(F)cc4F)CC3)c2n1. The third-order valence-corrected chi connectivity index (χ3v) is 4.80. The van der Waals surface area contributed by atoms with E-state index in [4.69, 9.17) is 5.73 Å². The van der Waals surface area contributed by atoms with E-state index in [-0.39, 0.29) is 5.95 Å². The molecule has 0 amide bonds. The van der Waals surface area contributed by atoms with E-state index in [1.165, 1.54) is 12.1 Å². The zero-order chi connectivity index (χ0) is 18.1. The minimum absolute atomic E-state index is 0.271. The quantitative estimate of drug-likeness (QED) is 0.774. The Hall–Kier alpha value is -2.74. The number of benzene rings is 1. The van der Waals surface area contributed by atoms with Gasteiger partial charge in [-0.3, -0.25) is 4.90 Å². The van der Waals surface area contributed by atoms with Gasteiger partial charge in [0.05, 0.1) is 5.69 Å². The average molecular weight is 358 g/mol. The van der Waals surface area contributed by atoms with Crippen LogP contribution in [0.4, 0.5) is 20.4 Å². The Kier molecular flexibility index (Phi) is 4.42. The van der Waals surface area contributed by atoms with Gasteiger partial charge in [0, 0.05) is 63.1 Å². The van der Waals surface area contributed by atoms with Crippen LogP contribution in [0.2, 0.25) is 0 Å². The summed E-state index contributed by atoms with van der Waals surface area (Å²) < 4.78 is 29.1. The molecule has 26 heavy (non-hydrogen) atoms. The van der Waals surface area contributed by atoms with Gasteiger partial charge in [-0.25, -0.2) is 13.8 Å². The van der Waals surface area contributed by atoms with Gasteiger partial charge in [0.15, 0.2) is 0 Å². The molecule has 3 aromatic rings. The van der Waals surface area contributed by atoms with Gasteiger partial charge in [-0.15, -0.1) is 0 Å². The largest absolute Gasteiger partial charge is 0.368 e. The standard InChI is InChI=1S/C18H20F2N6/c19-14-1-2-16(15(20)11-14)25-8-5-24(6-9-25)7-10-26-4-3-13-12-22-18(21)23-17(13)26/h1-4,11-12H,5-10H2,(H2,21,22,23). The monoisotopic (exact) mass is 358 g/mol. The molecule has 1 fully saturated rings. The van der Waals surface area contributed by atoms with Gasteiger partial charge < -0.3 is 15.2 Å². The maximum absolute atomic E-state index is 13.9. The molecule has 0 atom stereocenters. The molecule has 2 aromatic heterocycles. The normalized spacial score (nSPS) is 15.7. The van der Waals surface area contributed by atoms with Crippen molar-refractivity contribution in [2.45, 2.75) is 6.54 Å². The van der Waals surface area contributed by atoms with Crippen molar-refractivity contribution in [3.8, 4) is 0 Å². The number of piperazine rings is 1. The lowest BCUT2D eigenvalue weighted by atomic mass is 10.2. The zero-order valence-corrected chi connectivity index (χ0v) is 14.3. The van der Waals surface area contributed by atoms with E-state index in [1.807, 2.05) is 17.2 Å². The lowest BCUT2D eigenvalue weighted by molar-refractivity contribution is 0.248. The molecule has 2 N–H and O–H groups in total. The molecule has 3 heterocycles. The first kappa shape index (κ1) is 16.7. The van der Waals surface area contributed by atoms with Crippen LogP contribution in [0, 0.1) is 11.6 Å². The minimum Gasteiger partial charge on any atom is -0.368 e. The molecule has 0 bridgehead atoms. The van der Waals surface area contributed by atoms with Crippen LogP contribution >= 0.6 is 0 Å². The number of anilines is 2. The summed E-state index contributed by atoms with van der Waals surface area (Å²) in [6.07, 6.45) is 3.72. The number of nitrogens with two attached hydrogens (primary N) is 1. The first-order valence-corrected chi connectivity index (χ1v) is 8.60. The van der Waals surface area contributed by atoms with E-state index in [2.05, 4.69) is 19.4 Å². The van der Waals surface area contributed by atoms with E-state index < -0.39 is 11.6 Å². The van der Waals surface area contributed by atoms with E-state index >= 15 is 0 Å². The fourth-order valence-electron chi connectivity index (χ4n) is 3.36. The van der Waals surface area contributed by atoms with Crippen molar-refractivity contribution in [3.05, 3.63) is 48.3 Å². The predicted molar refractivity (Wildman–Crippen MR) is 97.0 cm³/mol. The van der Waals surface area contributed by atoms with Crippen molar-refractivity contribution in [3.63, 3.8) is 0 Å². The molecule has 1 saturated heterocycles. The van der Waals surface area contributed by atoms with E-state index in [9.17, 15) is 8.78 Å². The van der Waals surface area contributed by atoms with Crippen molar-refractivity contribution in [1.29, 1.82) is 0 Å². The van der Waals surface area contributed by atoms with Crippen LogP contribution in [0.3, 0.4) is 0 Å². The molecule has 0 spiro atoms. The first-order chi connectivity index (χ1) is 12.6. The molecule has 0 unspecified atom stereocenters. The number of hydrogen-bond donors (Lipinski definition) is 1. The van der Waals surface area contributed by atoms with Crippen LogP contribution < -0.4 is 10.6 Å². The Bertz CT molecular complexity index is 917. The molecule has 1 aliphatic heterocycles. The van der Waals surface area contributed by atoms with Crippen LogP contribution in [0.1, 0.15) is 0 Å². The summed E-state index contributed by atoms with van der Waals surface area (Å²) in [4.78, 5) is 12.6. The molecule has 1 aromatic carbocycles. The van der Waals surface area contributed by atoms with Gasteiger partial charge in [-0.2, -0.15) is 4.98 Å². The third kappa shape index (κ3) is 3.32. The van der Waals surface area contributed by atoms with Gasteiger partial charge in [0.2, 0.25) is 5.95 Å². The highest BCUT2D eigenvalue weighted by Gasteiger charge is 2.19. The van der Waals surface area contributed by atoms with Crippen molar-refractivity contribution < 1.29 is 8.78 Å². The van der Waals surface area contributed by atoms with Crippen LogP contribution in [-0.4, -0.2) is 52.2 Å². The summed E-state index contributed by atoms with van der Waals surface area (Å²) in [5.74, 6) is -0.782. The Morgan fingerprint density at radius 2 is 1.85 bits per heavy atom. The smallest absolute Gasteiger partial charge is 0.221 e. The molecule has 0 saturated carbocycles. The molecule has 0 radical (unpaired) electrons. The van der Waals surface area contributed by atoms with Crippen LogP contribution in [0.15, 0.2) is 36.7 Å². The highest BCUT2D eigenvalue weighted by Crippen LogP contribution is 2.21. The van der Waals surface area contributed by atoms with Crippen LogP contribution in [0.25, 0.3) is 11.0 Å². The van der Waals surface area contributed by atoms with E-state index in [0.29, 0.717) is 18.8 Å². The Balaban J connectivity index is 1.36. The molecule has 8 heteroatoms. The highest BCUT2D eigenvalue weighted by molar-refractivity contribution is 5.75. The van der Waals surface area contributed by atoms with Gasteiger partial charge in [0.1, 0.15) is 17.3 Å². The second kappa shape index (κ2) is 6.87. The van der Waals surface area contributed by atoms with Crippen molar-refractivity contribution in [2.24, 2.45) is 0 Å². The molecular formula is C18H20F2N6. The second-order valence-corrected chi connectivity index (χ2v) is 6.44. The van der Waals surface area contributed by atoms with Gasteiger partial charge in [-0.05, 0) is 18.2 Å². The summed E-state index contributed by atoms with van der Waals surface area (Å²) >= 11 is 0. The Labute approximate surface area is 149 Å². The molecule has 1 aliphatic rings. The number of aromatic nitrogens is 3. The molecule has 136 valence electrons. The summed E-state index contributed by atoms with van der Waals surface area (Å²) in [6, 6.07) is 5.72. The Morgan fingerprint density at radius 3 is 2.62 bits per heavy atom. The summed E-state index contributed by atoms with van der Waals surface area (Å²) in [7, 11) is 0. The highest BCUT2D eigenvalue weighted by atomic mass is 19.1. The second-order valence-electron chi connectivity index (χ2n) is 6.44. The van der Waals surface area contributed by atoms with Gasteiger partial charge >= 0.3 is 0 Å². The third-order valence-electron chi connectivity index (χ3n) is 4.80. The van der Waals surface area contributed by atoms with Crippen molar-refractivity contribution >= 4 is 22.7 Å². The first-order valence-electron chi connectivity index (χ1n) is 8.60. The average Bonchev–Trinajstić information content (AvgIpc) is 3.03. The number of hydrogen-bond acceptors (Lipinski definition) is 5. The van der Waals surface area contributed by atoms with Crippen LogP contribution in [-0.2, 0) is 6.54 Å². The van der Waals surface area contributed by atoms with E-state index in [0.717, 1.165) is 43.3 Å². The fourth-order valence-corrected chi connectivity index (χ4v) is 3.36. The van der Waals surface area contributed by atoms with Crippen molar-refractivity contribution in [1.82, 2.24) is 19.4 Å². The molecule has 6 nitrogen and oxygen atoms in total. The maximum atomic E-state index is 13.9. The van der Waals surface area contributed by atoms with Crippen molar-refractivity contribution in [2.75, 3.05) is 43.4 Å². The number of rotatable bonds is 4. The molecular weight excluding hydrogens is 338 g/mol. The van der Waals surface area contributed by atoms with Crippen LogP contribution in [0.5, 0.6) is 0 Å². The molecule has 4 rings (SSSR count). The topological polar surface area (TPSA) is 63.2 Å². The number of halogens is 2. The molecule has 0 aliphatic carbocycles.